The molecule has 106 valence electrons. The molecule has 0 saturated carbocycles. The van der Waals surface area contributed by atoms with Crippen LogP contribution >= 0.6 is 0 Å². The molecule has 0 N–H and O–H groups in total. The van der Waals surface area contributed by atoms with Crippen LogP contribution in [0.4, 0.5) is 5.69 Å². The van der Waals surface area contributed by atoms with Crippen molar-refractivity contribution in [2.45, 2.75) is 6.92 Å². The maximum absolute atomic E-state index is 12.5. The van der Waals surface area contributed by atoms with Crippen LogP contribution in [0.1, 0.15) is 5.69 Å². The van der Waals surface area contributed by atoms with Crippen LogP contribution in [0, 0.1) is 6.92 Å². The van der Waals surface area contributed by atoms with Crippen LogP contribution in [-0.4, -0.2) is 23.6 Å². The fourth-order valence-electron chi connectivity index (χ4n) is 2.40. The fraction of sp³-hybridized carbons (Fsp3) is 0.176. The molecule has 3 rings (SSSR count). The number of hydrogen-bond donors (Lipinski definition) is 0. The first-order chi connectivity index (χ1) is 10.1. The summed E-state index contributed by atoms with van der Waals surface area (Å²) in [5.74, 6) is 0. The lowest BCUT2D eigenvalue weighted by Crippen LogP contribution is -2.22. The number of hydrogen-bond acceptors (Lipinski definition) is 3. The Morgan fingerprint density at radius 3 is 2.33 bits per heavy atom. The smallest absolute Gasteiger partial charge is 0.277 e. The summed E-state index contributed by atoms with van der Waals surface area (Å²) < 4.78 is 1.72. The summed E-state index contributed by atoms with van der Waals surface area (Å²) in [7, 11) is 3.99. The van der Waals surface area contributed by atoms with E-state index in [4.69, 9.17) is 0 Å². The lowest BCUT2D eigenvalue weighted by molar-refractivity contribution is 0.979. The highest BCUT2D eigenvalue weighted by Gasteiger charge is 2.09. The normalized spacial score (nSPS) is 10.8. The highest BCUT2D eigenvalue weighted by atomic mass is 16.1. The van der Waals surface area contributed by atoms with Crippen LogP contribution in [0.2, 0.25) is 0 Å². The molecule has 1 aromatic heterocycles. The third kappa shape index (κ3) is 2.29. The number of para-hydroxylation sites is 2. The molecule has 0 spiro atoms. The summed E-state index contributed by atoms with van der Waals surface area (Å²) in [6.45, 7) is 1.75. The van der Waals surface area contributed by atoms with E-state index in [0.717, 1.165) is 22.4 Å². The van der Waals surface area contributed by atoms with Gasteiger partial charge in [0, 0.05) is 25.5 Å². The van der Waals surface area contributed by atoms with Crippen molar-refractivity contribution < 1.29 is 0 Å². The fourth-order valence-corrected chi connectivity index (χ4v) is 2.40. The van der Waals surface area contributed by atoms with Crippen LogP contribution < -0.4 is 10.5 Å². The van der Waals surface area contributed by atoms with Crippen molar-refractivity contribution >= 4 is 16.7 Å². The van der Waals surface area contributed by atoms with E-state index in [1.54, 1.807) is 11.5 Å². The van der Waals surface area contributed by atoms with Gasteiger partial charge >= 0.3 is 0 Å². The van der Waals surface area contributed by atoms with Crippen molar-refractivity contribution in [3.63, 3.8) is 0 Å². The molecule has 0 bridgehead atoms. The summed E-state index contributed by atoms with van der Waals surface area (Å²) in [6.07, 6.45) is 0. The van der Waals surface area contributed by atoms with Gasteiger partial charge in [-0.25, -0.2) is 4.98 Å². The maximum Gasteiger partial charge on any atom is 0.277 e. The number of nitrogens with zero attached hydrogens (tertiary/aromatic N) is 3. The lowest BCUT2D eigenvalue weighted by atomic mass is 10.2. The minimum Gasteiger partial charge on any atom is -0.378 e. The zero-order valence-corrected chi connectivity index (χ0v) is 12.4. The number of rotatable bonds is 2. The van der Waals surface area contributed by atoms with Crippen molar-refractivity contribution in [1.82, 2.24) is 9.55 Å². The van der Waals surface area contributed by atoms with Crippen LogP contribution in [0.3, 0.4) is 0 Å². The molecule has 4 heteroatoms. The van der Waals surface area contributed by atoms with E-state index in [0.29, 0.717) is 5.69 Å². The van der Waals surface area contributed by atoms with E-state index in [-0.39, 0.29) is 5.56 Å². The van der Waals surface area contributed by atoms with Gasteiger partial charge in [0.2, 0.25) is 0 Å². The van der Waals surface area contributed by atoms with Crippen molar-refractivity contribution in [3.8, 4) is 5.69 Å². The van der Waals surface area contributed by atoms with Gasteiger partial charge in [0.1, 0.15) is 5.69 Å². The van der Waals surface area contributed by atoms with E-state index in [9.17, 15) is 4.79 Å². The molecule has 1 heterocycles. The summed E-state index contributed by atoms with van der Waals surface area (Å²) in [6, 6.07) is 15.6. The number of aryl methyl sites for hydroxylation is 1. The predicted octanol–water partition coefficient (Wildman–Crippen LogP) is 2.76. The third-order valence-electron chi connectivity index (χ3n) is 3.55. The molecule has 0 unspecified atom stereocenters. The van der Waals surface area contributed by atoms with E-state index in [1.807, 2.05) is 67.5 Å². The number of anilines is 1. The first-order valence-corrected chi connectivity index (χ1v) is 6.84. The van der Waals surface area contributed by atoms with E-state index < -0.39 is 0 Å². The molecule has 0 aliphatic rings. The monoisotopic (exact) mass is 279 g/mol. The van der Waals surface area contributed by atoms with Gasteiger partial charge in [0.15, 0.2) is 0 Å². The maximum atomic E-state index is 12.5. The summed E-state index contributed by atoms with van der Waals surface area (Å²) >= 11 is 0. The molecule has 0 radical (unpaired) electrons. The number of aromatic nitrogens is 2. The van der Waals surface area contributed by atoms with Gasteiger partial charge in [0.25, 0.3) is 5.56 Å². The summed E-state index contributed by atoms with van der Waals surface area (Å²) in [5, 5.41) is 0. The third-order valence-corrected chi connectivity index (χ3v) is 3.55. The Morgan fingerprint density at radius 1 is 1.00 bits per heavy atom. The highest BCUT2D eigenvalue weighted by Crippen LogP contribution is 2.18. The second-order valence-electron chi connectivity index (χ2n) is 5.24. The zero-order chi connectivity index (χ0) is 15.0. The molecule has 0 fully saturated rings. The van der Waals surface area contributed by atoms with Crippen molar-refractivity contribution in [1.29, 1.82) is 0 Å². The highest BCUT2D eigenvalue weighted by molar-refractivity contribution is 5.76. The molecule has 21 heavy (non-hydrogen) atoms. The van der Waals surface area contributed by atoms with Crippen molar-refractivity contribution in [2.24, 2.45) is 0 Å². The Kier molecular flexibility index (Phi) is 3.22. The van der Waals surface area contributed by atoms with E-state index in [1.165, 1.54) is 0 Å². The largest absolute Gasteiger partial charge is 0.378 e. The van der Waals surface area contributed by atoms with Crippen LogP contribution in [0.25, 0.3) is 16.7 Å². The Balaban J connectivity index is 2.28. The Hall–Kier alpha value is -2.62. The van der Waals surface area contributed by atoms with Crippen LogP contribution in [0.5, 0.6) is 0 Å². The van der Waals surface area contributed by atoms with Gasteiger partial charge in [0.05, 0.1) is 11.0 Å². The van der Waals surface area contributed by atoms with Crippen LogP contribution in [0.15, 0.2) is 53.3 Å². The zero-order valence-electron chi connectivity index (χ0n) is 12.4. The topological polar surface area (TPSA) is 38.1 Å². The second-order valence-corrected chi connectivity index (χ2v) is 5.24. The van der Waals surface area contributed by atoms with Gasteiger partial charge in [-0.2, -0.15) is 0 Å². The number of fused-ring (bicyclic) bond motifs is 1. The molecule has 0 amide bonds. The number of benzene rings is 2. The van der Waals surface area contributed by atoms with Gasteiger partial charge in [-0.1, -0.05) is 12.1 Å². The quantitative estimate of drug-likeness (QED) is 0.724. The minimum absolute atomic E-state index is 0.0775. The Bertz CT molecular complexity index is 848. The van der Waals surface area contributed by atoms with E-state index >= 15 is 0 Å². The average Bonchev–Trinajstić information content (AvgIpc) is 2.49. The Morgan fingerprint density at radius 2 is 1.67 bits per heavy atom. The molecule has 3 aromatic rings. The molecule has 0 aliphatic heterocycles. The summed E-state index contributed by atoms with van der Waals surface area (Å²) in [4.78, 5) is 18.9. The van der Waals surface area contributed by atoms with Gasteiger partial charge < -0.3 is 4.90 Å². The molecule has 0 aliphatic carbocycles. The second kappa shape index (κ2) is 5.05. The molecule has 4 nitrogen and oxygen atoms in total. The standard InChI is InChI=1S/C17H17N3O/c1-12-17(21)20(16-7-5-4-6-15(16)18-12)14-10-8-13(9-11-14)19(2)3/h4-11H,1-3H3. The minimum atomic E-state index is -0.0775. The molecule has 2 aromatic carbocycles. The SMILES string of the molecule is Cc1nc2ccccc2n(-c2ccc(N(C)C)cc2)c1=O. The van der Waals surface area contributed by atoms with Gasteiger partial charge in [-0.15, -0.1) is 0 Å². The van der Waals surface area contributed by atoms with E-state index in [2.05, 4.69) is 4.98 Å². The van der Waals surface area contributed by atoms with Crippen molar-refractivity contribution in [2.75, 3.05) is 19.0 Å². The molecule has 0 atom stereocenters. The molecular formula is C17H17N3O. The van der Waals surface area contributed by atoms with Crippen molar-refractivity contribution in [3.05, 3.63) is 64.6 Å². The summed E-state index contributed by atoms with van der Waals surface area (Å²) in [5.41, 5.74) is 4.03. The predicted molar refractivity (Wildman–Crippen MR) is 86.4 cm³/mol. The molecule has 0 saturated heterocycles. The van der Waals surface area contributed by atoms with Crippen LogP contribution in [-0.2, 0) is 0 Å². The molecular weight excluding hydrogens is 262 g/mol. The van der Waals surface area contributed by atoms with Gasteiger partial charge in [-0.05, 0) is 43.3 Å². The first kappa shape index (κ1) is 13.4. The lowest BCUT2D eigenvalue weighted by Gasteiger charge is -2.15. The first-order valence-electron chi connectivity index (χ1n) is 6.84. The average molecular weight is 279 g/mol. The van der Waals surface area contributed by atoms with Gasteiger partial charge in [-0.3, -0.25) is 9.36 Å². The Labute approximate surface area is 123 Å².